The lowest BCUT2D eigenvalue weighted by Crippen LogP contribution is -1.97. The Morgan fingerprint density at radius 2 is 1.74 bits per heavy atom. The first-order valence-electron chi connectivity index (χ1n) is 6.55. The van der Waals surface area contributed by atoms with Crippen molar-refractivity contribution < 1.29 is 18.7 Å². The molecule has 6 heteroatoms. The normalized spacial score (nSPS) is 10.8. The Morgan fingerprint density at radius 1 is 1.04 bits per heavy atom. The molecule has 2 aromatic rings. The van der Waals surface area contributed by atoms with Gasteiger partial charge in [0, 0.05) is 5.56 Å². The zero-order chi connectivity index (χ0) is 17.0. The zero-order valence-corrected chi connectivity index (χ0v) is 13.9. The third-order valence-electron chi connectivity index (χ3n) is 3.11. The number of hydrogen-bond acceptors (Lipinski definition) is 3. The minimum Gasteiger partial charge on any atom is -0.493 e. The van der Waals surface area contributed by atoms with Crippen molar-refractivity contribution in [3.63, 3.8) is 0 Å². The van der Waals surface area contributed by atoms with Gasteiger partial charge in [-0.3, -0.25) is 4.79 Å². The number of ketones is 1. The summed E-state index contributed by atoms with van der Waals surface area (Å²) in [6, 6.07) is 7.42. The van der Waals surface area contributed by atoms with Gasteiger partial charge in [-0.15, -0.1) is 0 Å². The Morgan fingerprint density at radius 3 is 2.39 bits per heavy atom. The van der Waals surface area contributed by atoms with E-state index in [1.807, 2.05) is 0 Å². The molecule has 0 atom stereocenters. The Kier molecular flexibility index (Phi) is 5.64. The summed E-state index contributed by atoms with van der Waals surface area (Å²) in [5, 5.41) is -0.0335. The third-order valence-corrected chi connectivity index (χ3v) is 3.71. The second-order valence-electron chi connectivity index (χ2n) is 4.56. The van der Waals surface area contributed by atoms with Crippen molar-refractivity contribution in [1.29, 1.82) is 0 Å². The van der Waals surface area contributed by atoms with Gasteiger partial charge in [-0.05, 0) is 35.9 Å². The number of allylic oxidation sites excluding steroid dienone is 1. The maximum absolute atomic E-state index is 13.5. The van der Waals surface area contributed by atoms with Gasteiger partial charge in [0.05, 0.1) is 24.3 Å². The fraction of sp³-hybridized carbons (Fsp3) is 0.118. The predicted octanol–water partition coefficient (Wildman–Crippen LogP) is 5.05. The van der Waals surface area contributed by atoms with E-state index in [9.17, 15) is 9.18 Å². The molecule has 23 heavy (non-hydrogen) atoms. The summed E-state index contributed by atoms with van der Waals surface area (Å²) in [6.45, 7) is 0. The lowest BCUT2D eigenvalue weighted by molar-refractivity contribution is 0.104. The van der Waals surface area contributed by atoms with Gasteiger partial charge in [0.2, 0.25) is 0 Å². The van der Waals surface area contributed by atoms with E-state index in [4.69, 9.17) is 32.7 Å². The molecule has 0 aliphatic heterocycles. The number of carbonyl (C=O) groups excluding carboxylic acids is 1. The van der Waals surface area contributed by atoms with Crippen molar-refractivity contribution in [2.24, 2.45) is 0 Å². The molecule has 0 aliphatic rings. The largest absolute Gasteiger partial charge is 0.493 e. The second-order valence-corrected chi connectivity index (χ2v) is 5.37. The summed E-state index contributed by atoms with van der Waals surface area (Å²) in [6.07, 6.45) is 2.88. The van der Waals surface area contributed by atoms with Crippen LogP contribution in [-0.4, -0.2) is 20.0 Å². The number of carbonyl (C=O) groups is 1. The summed E-state index contributed by atoms with van der Waals surface area (Å²) in [4.78, 5) is 12.1. The smallest absolute Gasteiger partial charge is 0.187 e. The lowest BCUT2D eigenvalue weighted by atomic mass is 10.1. The van der Waals surface area contributed by atoms with Gasteiger partial charge in [0.1, 0.15) is 5.82 Å². The molecular formula is C17H13Cl2FO3. The van der Waals surface area contributed by atoms with E-state index in [0.717, 1.165) is 11.6 Å². The minimum atomic E-state index is -0.695. The van der Waals surface area contributed by atoms with Crippen LogP contribution in [0.4, 0.5) is 4.39 Å². The SMILES string of the molecule is COc1ccc(/C=C/C(=O)c2cc(F)c(Cl)cc2Cl)cc1OC. The summed E-state index contributed by atoms with van der Waals surface area (Å²) in [7, 11) is 3.06. The Labute approximate surface area is 143 Å². The van der Waals surface area contributed by atoms with Crippen molar-refractivity contribution in [1.82, 2.24) is 0 Å². The predicted molar refractivity (Wildman–Crippen MR) is 89.3 cm³/mol. The summed E-state index contributed by atoms with van der Waals surface area (Å²) in [5.74, 6) is -0.00394. The first-order chi connectivity index (χ1) is 11.0. The van der Waals surface area contributed by atoms with E-state index in [2.05, 4.69) is 0 Å². The van der Waals surface area contributed by atoms with Crippen LogP contribution in [0.3, 0.4) is 0 Å². The Bertz CT molecular complexity index is 773. The van der Waals surface area contributed by atoms with Crippen molar-refractivity contribution >= 4 is 35.1 Å². The maximum Gasteiger partial charge on any atom is 0.187 e. The van der Waals surface area contributed by atoms with Crippen molar-refractivity contribution in [2.45, 2.75) is 0 Å². The van der Waals surface area contributed by atoms with Crippen molar-refractivity contribution in [2.75, 3.05) is 14.2 Å². The van der Waals surface area contributed by atoms with E-state index in [1.54, 1.807) is 24.3 Å². The van der Waals surface area contributed by atoms with Gasteiger partial charge in [-0.1, -0.05) is 35.3 Å². The molecule has 120 valence electrons. The fourth-order valence-corrected chi connectivity index (χ4v) is 2.41. The fourth-order valence-electron chi connectivity index (χ4n) is 1.93. The number of methoxy groups -OCH3 is 2. The van der Waals surface area contributed by atoms with Crippen LogP contribution in [0.1, 0.15) is 15.9 Å². The molecule has 2 rings (SSSR count). The maximum atomic E-state index is 13.5. The molecule has 3 nitrogen and oxygen atoms in total. The number of ether oxygens (including phenoxy) is 2. The van der Waals surface area contributed by atoms with Crippen LogP contribution in [0.2, 0.25) is 10.0 Å². The number of rotatable bonds is 5. The summed E-state index contributed by atoms with van der Waals surface area (Å²) in [5.41, 5.74) is 0.770. The molecule has 0 heterocycles. The molecule has 0 amide bonds. The van der Waals surface area contributed by atoms with Crippen molar-refractivity contribution in [3.8, 4) is 11.5 Å². The Balaban J connectivity index is 2.26. The van der Waals surface area contributed by atoms with Crippen molar-refractivity contribution in [3.05, 3.63) is 63.4 Å². The van der Waals surface area contributed by atoms with E-state index >= 15 is 0 Å². The van der Waals surface area contributed by atoms with Crippen LogP contribution in [-0.2, 0) is 0 Å². The minimum absolute atomic E-state index is 0.0466. The van der Waals surface area contributed by atoms with Gasteiger partial charge in [-0.25, -0.2) is 4.39 Å². The molecule has 2 aromatic carbocycles. The molecule has 0 aromatic heterocycles. The second kappa shape index (κ2) is 7.49. The molecular weight excluding hydrogens is 342 g/mol. The van der Waals surface area contributed by atoms with Gasteiger partial charge in [-0.2, -0.15) is 0 Å². The van der Waals surface area contributed by atoms with Crippen LogP contribution >= 0.6 is 23.2 Å². The van der Waals surface area contributed by atoms with Crippen LogP contribution < -0.4 is 9.47 Å². The highest BCUT2D eigenvalue weighted by Gasteiger charge is 2.12. The first-order valence-corrected chi connectivity index (χ1v) is 7.31. The van der Waals surface area contributed by atoms with Crippen LogP contribution in [0.25, 0.3) is 6.08 Å². The number of halogens is 3. The third kappa shape index (κ3) is 4.03. The average Bonchev–Trinajstić information content (AvgIpc) is 2.55. The highest BCUT2D eigenvalue weighted by molar-refractivity contribution is 6.37. The molecule has 0 N–H and O–H groups in total. The molecule has 0 unspecified atom stereocenters. The van der Waals surface area contributed by atoms with Gasteiger partial charge >= 0.3 is 0 Å². The molecule has 0 saturated carbocycles. The lowest BCUT2D eigenvalue weighted by Gasteiger charge is -2.07. The summed E-state index contributed by atoms with van der Waals surface area (Å²) >= 11 is 11.5. The van der Waals surface area contributed by atoms with Gasteiger partial charge in [0.25, 0.3) is 0 Å². The molecule has 0 saturated heterocycles. The quantitative estimate of drug-likeness (QED) is 0.428. The summed E-state index contributed by atoms with van der Waals surface area (Å²) < 4.78 is 23.8. The number of hydrogen-bond donors (Lipinski definition) is 0. The average molecular weight is 355 g/mol. The number of benzene rings is 2. The van der Waals surface area contributed by atoms with E-state index in [1.165, 1.54) is 26.4 Å². The van der Waals surface area contributed by atoms with Crippen LogP contribution in [0.15, 0.2) is 36.4 Å². The van der Waals surface area contributed by atoms with Gasteiger partial charge in [0.15, 0.2) is 17.3 Å². The van der Waals surface area contributed by atoms with Crippen LogP contribution in [0.5, 0.6) is 11.5 Å². The molecule has 0 bridgehead atoms. The topological polar surface area (TPSA) is 35.5 Å². The highest BCUT2D eigenvalue weighted by atomic mass is 35.5. The van der Waals surface area contributed by atoms with E-state index in [0.29, 0.717) is 11.5 Å². The van der Waals surface area contributed by atoms with E-state index in [-0.39, 0.29) is 15.6 Å². The molecule has 0 radical (unpaired) electrons. The first kappa shape index (κ1) is 17.3. The molecule has 0 fully saturated rings. The molecule has 0 spiro atoms. The molecule has 0 aliphatic carbocycles. The monoisotopic (exact) mass is 354 g/mol. The standard InChI is InChI=1S/C17H13Cl2FO3/c1-22-16-6-4-10(7-17(16)23-2)3-5-15(21)11-8-14(20)13(19)9-12(11)18/h3-9H,1-2H3/b5-3+. The zero-order valence-electron chi connectivity index (χ0n) is 12.4. The van der Waals surface area contributed by atoms with Crippen LogP contribution in [0, 0.1) is 5.82 Å². The van der Waals surface area contributed by atoms with E-state index < -0.39 is 11.6 Å². The Hall–Kier alpha value is -2.04. The highest BCUT2D eigenvalue weighted by Crippen LogP contribution is 2.28. The van der Waals surface area contributed by atoms with Gasteiger partial charge < -0.3 is 9.47 Å².